The number of allylic oxidation sites excluding steroid dienone is 1. The molecule has 4 atom stereocenters. The molecule has 4 heteroatoms. The molecule has 2 N–H and O–H groups in total. The molecular weight excluding hydrogens is 232 g/mol. The van der Waals surface area contributed by atoms with Crippen LogP contribution in [0.3, 0.4) is 0 Å². The molecule has 102 valence electrons. The van der Waals surface area contributed by atoms with Crippen LogP contribution in [0.25, 0.3) is 0 Å². The van der Waals surface area contributed by atoms with Gasteiger partial charge in [-0.15, -0.1) is 0 Å². The van der Waals surface area contributed by atoms with Crippen molar-refractivity contribution in [1.29, 1.82) is 0 Å². The Morgan fingerprint density at radius 1 is 1.28 bits per heavy atom. The van der Waals surface area contributed by atoms with Crippen molar-refractivity contribution in [3.63, 3.8) is 0 Å². The van der Waals surface area contributed by atoms with Crippen molar-refractivity contribution in [2.75, 3.05) is 19.8 Å². The highest BCUT2D eigenvalue weighted by Gasteiger charge is 2.64. The molecule has 2 aliphatic carbocycles. The normalized spacial score (nSPS) is 41.4. The minimum Gasteiger partial charge on any atom is -0.396 e. The van der Waals surface area contributed by atoms with E-state index in [9.17, 15) is 5.11 Å². The van der Waals surface area contributed by atoms with E-state index >= 15 is 0 Å². The van der Waals surface area contributed by atoms with Crippen LogP contribution in [0.1, 0.15) is 25.7 Å². The van der Waals surface area contributed by atoms with Crippen molar-refractivity contribution in [2.24, 2.45) is 17.8 Å². The summed E-state index contributed by atoms with van der Waals surface area (Å²) in [7, 11) is 0. The molecule has 0 aromatic carbocycles. The Hall–Kier alpha value is -0.420. The highest BCUT2D eigenvalue weighted by Crippen LogP contribution is 2.59. The van der Waals surface area contributed by atoms with Crippen LogP contribution < -0.4 is 0 Å². The summed E-state index contributed by atoms with van der Waals surface area (Å²) in [5.41, 5.74) is 0. The number of ether oxygens (including phenoxy) is 2. The lowest BCUT2D eigenvalue weighted by molar-refractivity contribution is -0.275. The van der Waals surface area contributed by atoms with Crippen molar-refractivity contribution < 1.29 is 19.7 Å². The molecule has 0 aromatic rings. The molecule has 1 aliphatic heterocycles. The van der Waals surface area contributed by atoms with Gasteiger partial charge in [-0.05, 0) is 25.2 Å². The second kappa shape index (κ2) is 4.93. The Kier molecular flexibility index (Phi) is 3.45. The van der Waals surface area contributed by atoms with Gasteiger partial charge in [-0.2, -0.15) is 0 Å². The third-order valence-electron chi connectivity index (χ3n) is 4.69. The molecule has 0 radical (unpaired) electrons. The van der Waals surface area contributed by atoms with Crippen molar-refractivity contribution in [3.8, 4) is 0 Å². The predicted molar refractivity (Wildman–Crippen MR) is 65.8 cm³/mol. The van der Waals surface area contributed by atoms with Gasteiger partial charge in [-0.25, -0.2) is 0 Å². The molecule has 3 aliphatic rings. The number of aliphatic hydroxyl groups excluding tert-OH is 2. The number of rotatable bonds is 4. The van der Waals surface area contributed by atoms with Gasteiger partial charge in [-0.3, -0.25) is 0 Å². The van der Waals surface area contributed by atoms with E-state index in [0.717, 1.165) is 25.7 Å². The van der Waals surface area contributed by atoms with Crippen LogP contribution in [0.2, 0.25) is 0 Å². The summed E-state index contributed by atoms with van der Waals surface area (Å²) in [6.45, 7) is 1.61. The minimum absolute atomic E-state index is 0.228. The Morgan fingerprint density at radius 3 is 2.78 bits per heavy atom. The van der Waals surface area contributed by atoms with E-state index in [1.807, 2.05) is 0 Å². The number of hydrogen-bond acceptors (Lipinski definition) is 4. The molecule has 1 unspecified atom stereocenters. The summed E-state index contributed by atoms with van der Waals surface area (Å²) < 4.78 is 11.5. The zero-order valence-corrected chi connectivity index (χ0v) is 10.6. The van der Waals surface area contributed by atoms with Crippen LogP contribution in [-0.4, -0.2) is 41.9 Å². The molecule has 0 aromatic heterocycles. The van der Waals surface area contributed by atoms with Gasteiger partial charge in [0.25, 0.3) is 0 Å². The van der Waals surface area contributed by atoms with Gasteiger partial charge in [0.15, 0.2) is 5.79 Å². The highest BCUT2D eigenvalue weighted by atomic mass is 16.7. The van der Waals surface area contributed by atoms with Crippen molar-refractivity contribution in [1.82, 2.24) is 0 Å². The summed E-state index contributed by atoms with van der Waals surface area (Å²) in [5.74, 6) is 0.572. The third kappa shape index (κ3) is 1.92. The van der Waals surface area contributed by atoms with Crippen LogP contribution in [0.4, 0.5) is 0 Å². The average Bonchev–Trinajstić information content (AvgIpc) is 2.93. The molecule has 3 fully saturated rings. The second-order valence-corrected chi connectivity index (χ2v) is 5.67. The summed E-state index contributed by atoms with van der Waals surface area (Å²) in [6, 6.07) is 0. The first-order chi connectivity index (χ1) is 8.77. The zero-order chi connectivity index (χ0) is 12.6. The first-order valence-corrected chi connectivity index (χ1v) is 7.00. The quantitative estimate of drug-likeness (QED) is 0.582. The van der Waals surface area contributed by atoms with Crippen LogP contribution in [-0.2, 0) is 9.47 Å². The Labute approximate surface area is 108 Å². The van der Waals surface area contributed by atoms with Crippen LogP contribution >= 0.6 is 0 Å². The first kappa shape index (κ1) is 12.6. The van der Waals surface area contributed by atoms with Gasteiger partial charge in [0.1, 0.15) is 0 Å². The maximum Gasteiger partial charge on any atom is 0.172 e. The largest absolute Gasteiger partial charge is 0.396 e. The van der Waals surface area contributed by atoms with Crippen LogP contribution in [0, 0.1) is 17.8 Å². The van der Waals surface area contributed by atoms with Gasteiger partial charge in [0, 0.05) is 24.9 Å². The molecule has 2 saturated carbocycles. The van der Waals surface area contributed by atoms with Gasteiger partial charge < -0.3 is 19.7 Å². The monoisotopic (exact) mass is 254 g/mol. The fourth-order valence-electron chi connectivity index (χ4n) is 3.73. The molecule has 1 spiro atoms. The summed E-state index contributed by atoms with van der Waals surface area (Å²) >= 11 is 0. The van der Waals surface area contributed by atoms with E-state index in [-0.39, 0.29) is 24.4 Å². The SMILES string of the molecule is OCCCC=C[C@@H]1C[C@H]2[C@@H](CC23OCCO3)C1O. The molecule has 1 heterocycles. The minimum atomic E-state index is -0.362. The zero-order valence-electron chi connectivity index (χ0n) is 10.6. The third-order valence-corrected chi connectivity index (χ3v) is 4.69. The fraction of sp³-hybridized carbons (Fsp3) is 0.857. The molecule has 3 rings (SSSR count). The Balaban J connectivity index is 1.58. The van der Waals surface area contributed by atoms with E-state index in [0.29, 0.717) is 25.0 Å². The van der Waals surface area contributed by atoms with E-state index in [2.05, 4.69) is 12.2 Å². The van der Waals surface area contributed by atoms with Crippen molar-refractivity contribution in [3.05, 3.63) is 12.2 Å². The van der Waals surface area contributed by atoms with E-state index < -0.39 is 0 Å². The van der Waals surface area contributed by atoms with E-state index in [1.165, 1.54) is 0 Å². The van der Waals surface area contributed by atoms with Gasteiger partial charge in [0.2, 0.25) is 0 Å². The molecular formula is C14H22O4. The predicted octanol–water partition coefficient (Wildman–Crippen LogP) is 1.08. The lowest BCUT2D eigenvalue weighted by Crippen LogP contribution is -2.54. The summed E-state index contributed by atoms with van der Waals surface area (Å²) in [5, 5.41) is 19.0. The van der Waals surface area contributed by atoms with Crippen LogP contribution in [0.15, 0.2) is 12.2 Å². The van der Waals surface area contributed by atoms with Crippen molar-refractivity contribution >= 4 is 0 Å². The van der Waals surface area contributed by atoms with E-state index in [4.69, 9.17) is 14.6 Å². The number of fused-ring (bicyclic) bond motifs is 2. The van der Waals surface area contributed by atoms with Gasteiger partial charge in [0.05, 0.1) is 19.3 Å². The lowest BCUT2D eigenvalue weighted by Gasteiger charge is -2.48. The summed E-state index contributed by atoms with van der Waals surface area (Å²) in [6.07, 6.45) is 7.43. The molecule has 1 saturated heterocycles. The van der Waals surface area contributed by atoms with Gasteiger partial charge in [-0.1, -0.05) is 12.2 Å². The molecule has 0 amide bonds. The fourth-order valence-corrected chi connectivity index (χ4v) is 3.73. The Bertz CT molecular complexity index is 322. The molecule has 4 nitrogen and oxygen atoms in total. The maximum absolute atomic E-state index is 10.3. The standard InChI is InChI=1S/C14H22O4/c15-5-3-1-2-4-10-8-12-11(13(10)16)9-14(12)17-6-7-18-14/h2,4,10-13,15-16H,1,3,5-9H2/t10-,11-,12+,13?/m1/s1. The number of aliphatic hydroxyl groups is 2. The van der Waals surface area contributed by atoms with Crippen molar-refractivity contribution in [2.45, 2.75) is 37.6 Å². The second-order valence-electron chi connectivity index (χ2n) is 5.67. The number of hydrogen-bond donors (Lipinski definition) is 2. The average molecular weight is 254 g/mol. The molecule has 18 heavy (non-hydrogen) atoms. The van der Waals surface area contributed by atoms with Gasteiger partial charge >= 0.3 is 0 Å². The maximum atomic E-state index is 10.3. The Morgan fingerprint density at radius 2 is 2.06 bits per heavy atom. The lowest BCUT2D eigenvalue weighted by atomic mass is 9.69. The highest BCUT2D eigenvalue weighted by molar-refractivity contribution is 5.12. The van der Waals surface area contributed by atoms with Crippen LogP contribution in [0.5, 0.6) is 0 Å². The van der Waals surface area contributed by atoms with E-state index in [1.54, 1.807) is 0 Å². The summed E-state index contributed by atoms with van der Waals surface area (Å²) in [4.78, 5) is 0. The number of unbranched alkanes of at least 4 members (excludes halogenated alkanes) is 1. The smallest absolute Gasteiger partial charge is 0.172 e. The molecule has 0 bridgehead atoms. The first-order valence-electron chi connectivity index (χ1n) is 7.00. The topological polar surface area (TPSA) is 58.9 Å².